The maximum absolute atomic E-state index is 13.4. The van der Waals surface area contributed by atoms with E-state index in [1.54, 1.807) is 36.4 Å². The van der Waals surface area contributed by atoms with Crippen molar-refractivity contribution in [2.75, 3.05) is 18.7 Å². The molecule has 1 atom stereocenters. The third-order valence-corrected chi connectivity index (χ3v) is 5.66. The maximum Gasteiger partial charge on any atom is 0.293 e. The summed E-state index contributed by atoms with van der Waals surface area (Å²) in [7, 11) is -2.07. The van der Waals surface area contributed by atoms with Crippen LogP contribution in [0.25, 0.3) is 0 Å². The van der Waals surface area contributed by atoms with Crippen molar-refractivity contribution in [1.82, 2.24) is 0 Å². The van der Waals surface area contributed by atoms with E-state index in [0.717, 1.165) is 17.9 Å². The number of hydrogen-bond acceptors (Lipinski definition) is 6. The Labute approximate surface area is 173 Å². The van der Waals surface area contributed by atoms with Crippen LogP contribution in [0.5, 0.6) is 5.75 Å². The summed E-state index contributed by atoms with van der Waals surface area (Å²) in [5.41, 5.74) is 1.18. The van der Waals surface area contributed by atoms with Crippen LogP contribution >= 0.6 is 0 Å². The Kier molecular flexibility index (Phi) is 6.02. The van der Waals surface area contributed by atoms with Crippen LogP contribution in [0.15, 0.2) is 71.6 Å². The Hall–Kier alpha value is -3.46. The van der Waals surface area contributed by atoms with Gasteiger partial charge < -0.3 is 10.1 Å². The van der Waals surface area contributed by atoms with Crippen LogP contribution in [0.3, 0.4) is 0 Å². The van der Waals surface area contributed by atoms with Crippen molar-refractivity contribution < 1.29 is 22.5 Å². The third kappa shape index (κ3) is 4.74. The summed E-state index contributed by atoms with van der Waals surface area (Å²) < 4.78 is 42.2. The number of anilines is 1. The summed E-state index contributed by atoms with van der Waals surface area (Å²) in [6.07, 6.45) is 0.984. The molecular formula is C21H19FN2O5S. The summed E-state index contributed by atoms with van der Waals surface area (Å²) >= 11 is 0. The van der Waals surface area contributed by atoms with Crippen LogP contribution in [0, 0.1) is 15.9 Å². The fourth-order valence-corrected chi connectivity index (χ4v) is 3.62. The molecule has 3 rings (SSSR count). The van der Waals surface area contributed by atoms with E-state index in [0.29, 0.717) is 11.3 Å². The fraction of sp³-hybridized carbons (Fsp3) is 0.143. The van der Waals surface area contributed by atoms with Gasteiger partial charge in [0.15, 0.2) is 9.84 Å². The molecule has 0 heterocycles. The maximum atomic E-state index is 13.4. The molecule has 0 fully saturated rings. The SMILES string of the molecule is COc1ccc(C(Nc2ccc(S(C)(=O)=O)cc2[N+](=O)[O-])c2ccc(F)cc2)cc1. The number of methoxy groups -OCH3 is 1. The number of nitrogens with one attached hydrogen (secondary N) is 1. The molecule has 0 amide bonds. The second-order valence-corrected chi connectivity index (χ2v) is 8.63. The van der Waals surface area contributed by atoms with Crippen molar-refractivity contribution in [3.8, 4) is 5.75 Å². The third-order valence-electron chi connectivity index (χ3n) is 4.55. The monoisotopic (exact) mass is 430 g/mol. The number of ether oxygens (including phenoxy) is 1. The number of nitro benzene ring substituents is 1. The Morgan fingerprint density at radius 2 is 1.57 bits per heavy atom. The predicted octanol–water partition coefficient (Wildman–Crippen LogP) is 4.35. The molecule has 3 aromatic carbocycles. The highest BCUT2D eigenvalue weighted by Gasteiger charge is 2.22. The molecule has 0 aliphatic rings. The van der Waals surface area contributed by atoms with Crippen LogP contribution in [0.2, 0.25) is 0 Å². The van der Waals surface area contributed by atoms with Gasteiger partial charge in [0, 0.05) is 12.3 Å². The Balaban J connectivity index is 2.08. The predicted molar refractivity (Wildman–Crippen MR) is 111 cm³/mol. The summed E-state index contributed by atoms with van der Waals surface area (Å²) in [5.74, 6) is 0.232. The van der Waals surface area contributed by atoms with Crippen molar-refractivity contribution >= 4 is 21.2 Å². The Morgan fingerprint density at radius 1 is 1.00 bits per heavy atom. The average molecular weight is 430 g/mol. The highest BCUT2D eigenvalue weighted by Crippen LogP contribution is 2.34. The largest absolute Gasteiger partial charge is 0.497 e. The first-order chi connectivity index (χ1) is 14.2. The molecule has 30 heavy (non-hydrogen) atoms. The molecule has 156 valence electrons. The zero-order chi connectivity index (χ0) is 21.9. The van der Waals surface area contributed by atoms with Gasteiger partial charge in [-0.05, 0) is 47.5 Å². The molecular weight excluding hydrogens is 411 g/mol. The molecule has 3 aromatic rings. The minimum atomic E-state index is -3.61. The van der Waals surface area contributed by atoms with Crippen LogP contribution in [-0.4, -0.2) is 26.7 Å². The molecule has 7 nitrogen and oxygen atoms in total. The number of halogens is 1. The van der Waals surface area contributed by atoms with Gasteiger partial charge in [0.05, 0.1) is 23.0 Å². The lowest BCUT2D eigenvalue weighted by Gasteiger charge is -2.21. The summed E-state index contributed by atoms with van der Waals surface area (Å²) in [5, 5.41) is 14.7. The van der Waals surface area contributed by atoms with Gasteiger partial charge in [0.25, 0.3) is 5.69 Å². The second-order valence-electron chi connectivity index (χ2n) is 6.61. The molecule has 1 N–H and O–H groups in total. The number of rotatable bonds is 7. The zero-order valence-corrected chi connectivity index (χ0v) is 17.0. The second kappa shape index (κ2) is 8.50. The van der Waals surface area contributed by atoms with Crippen LogP contribution in [0.1, 0.15) is 17.2 Å². The van der Waals surface area contributed by atoms with E-state index in [2.05, 4.69) is 5.32 Å². The van der Waals surface area contributed by atoms with E-state index in [4.69, 9.17) is 4.74 Å². The topological polar surface area (TPSA) is 98.5 Å². The molecule has 0 radical (unpaired) electrons. The van der Waals surface area contributed by atoms with Gasteiger partial charge in [0.1, 0.15) is 17.3 Å². The van der Waals surface area contributed by atoms with E-state index < -0.39 is 26.6 Å². The summed E-state index contributed by atoms with van der Waals surface area (Å²) in [6, 6.07) is 15.9. The van der Waals surface area contributed by atoms with Crippen molar-refractivity contribution in [3.05, 3.63) is 93.8 Å². The van der Waals surface area contributed by atoms with Crippen molar-refractivity contribution in [2.45, 2.75) is 10.9 Å². The zero-order valence-electron chi connectivity index (χ0n) is 16.2. The van der Waals surface area contributed by atoms with Gasteiger partial charge in [-0.15, -0.1) is 0 Å². The molecule has 9 heteroatoms. The fourth-order valence-electron chi connectivity index (χ4n) is 2.98. The van der Waals surface area contributed by atoms with Crippen molar-refractivity contribution in [2.24, 2.45) is 0 Å². The van der Waals surface area contributed by atoms with Gasteiger partial charge in [0.2, 0.25) is 0 Å². The number of nitrogens with zero attached hydrogens (tertiary/aromatic N) is 1. The van der Waals surface area contributed by atoms with E-state index in [1.807, 2.05) is 0 Å². The summed E-state index contributed by atoms with van der Waals surface area (Å²) in [4.78, 5) is 10.8. The molecule has 0 aromatic heterocycles. The van der Waals surface area contributed by atoms with Crippen LogP contribution in [0.4, 0.5) is 15.8 Å². The van der Waals surface area contributed by atoms with Crippen LogP contribution in [-0.2, 0) is 9.84 Å². The normalized spacial score (nSPS) is 12.2. The highest BCUT2D eigenvalue weighted by molar-refractivity contribution is 7.90. The van der Waals surface area contributed by atoms with E-state index in [-0.39, 0.29) is 16.3 Å². The smallest absolute Gasteiger partial charge is 0.293 e. The first-order valence-electron chi connectivity index (χ1n) is 8.83. The number of hydrogen-bond donors (Lipinski definition) is 1. The van der Waals surface area contributed by atoms with Gasteiger partial charge in [-0.1, -0.05) is 24.3 Å². The molecule has 0 spiro atoms. The number of nitro groups is 1. The minimum absolute atomic E-state index is 0.137. The Morgan fingerprint density at radius 3 is 2.07 bits per heavy atom. The van der Waals surface area contributed by atoms with Gasteiger partial charge in [-0.25, -0.2) is 12.8 Å². The average Bonchev–Trinajstić information content (AvgIpc) is 2.72. The lowest BCUT2D eigenvalue weighted by Crippen LogP contribution is -2.14. The van der Waals surface area contributed by atoms with Gasteiger partial charge >= 0.3 is 0 Å². The molecule has 0 aliphatic carbocycles. The Bertz CT molecular complexity index is 1160. The van der Waals surface area contributed by atoms with E-state index >= 15 is 0 Å². The van der Waals surface area contributed by atoms with Crippen LogP contribution < -0.4 is 10.1 Å². The highest BCUT2D eigenvalue weighted by atomic mass is 32.2. The van der Waals surface area contributed by atoms with E-state index in [9.17, 15) is 22.9 Å². The number of benzene rings is 3. The molecule has 1 unspecified atom stereocenters. The molecule has 0 aliphatic heterocycles. The van der Waals surface area contributed by atoms with Crippen molar-refractivity contribution in [3.63, 3.8) is 0 Å². The lowest BCUT2D eigenvalue weighted by molar-refractivity contribution is -0.384. The summed E-state index contributed by atoms with van der Waals surface area (Å²) in [6.45, 7) is 0. The minimum Gasteiger partial charge on any atom is -0.497 e. The first kappa shape index (κ1) is 21.3. The van der Waals surface area contributed by atoms with Gasteiger partial charge in [-0.2, -0.15) is 0 Å². The lowest BCUT2D eigenvalue weighted by atomic mass is 9.98. The number of sulfone groups is 1. The van der Waals surface area contributed by atoms with Crippen molar-refractivity contribution in [1.29, 1.82) is 0 Å². The molecule has 0 bridgehead atoms. The standard InChI is InChI=1S/C21H19FN2O5S/c1-29-17-9-5-15(6-10-17)21(14-3-7-16(22)8-4-14)23-19-12-11-18(30(2,27)28)13-20(19)24(25)26/h3-13,21,23H,1-2H3. The first-order valence-corrected chi connectivity index (χ1v) is 10.7. The molecule has 0 saturated carbocycles. The van der Waals surface area contributed by atoms with E-state index in [1.165, 1.54) is 31.4 Å². The van der Waals surface area contributed by atoms with Gasteiger partial charge in [-0.3, -0.25) is 10.1 Å². The quantitative estimate of drug-likeness (QED) is 0.442. The molecule has 0 saturated heterocycles.